The van der Waals surface area contributed by atoms with E-state index in [1.165, 1.54) is 23.1 Å². The molecule has 4 rings (SSSR count). The van der Waals surface area contributed by atoms with E-state index in [9.17, 15) is 9.59 Å². The number of hydrogen-bond acceptors (Lipinski definition) is 5. The molecule has 2 aromatic heterocycles. The van der Waals surface area contributed by atoms with E-state index in [2.05, 4.69) is 0 Å². The van der Waals surface area contributed by atoms with Gasteiger partial charge in [0.1, 0.15) is 4.83 Å². The van der Waals surface area contributed by atoms with Crippen molar-refractivity contribution in [1.29, 1.82) is 0 Å². The Morgan fingerprint density at radius 1 is 1.13 bits per heavy atom. The van der Waals surface area contributed by atoms with Crippen LogP contribution < -0.4 is 10.5 Å². The minimum atomic E-state index is -0.388. The molecular formula is C24H23N3O2S2. The highest BCUT2D eigenvalue weighted by molar-refractivity contribution is 8.00. The first-order valence-corrected chi connectivity index (χ1v) is 11.8. The standard InChI is InChI=1S/C24H23N3O2S2/c1-4-27-23(29)20-19(17-11-7-5-8-12-17)15-30-21(20)25-24(27)31-16(2)22(28)26(3)18-13-9-6-10-14-18/h5-16H,4H2,1-3H3/t16-/m0/s1. The quantitative estimate of drug-likeness (QED) is 0.297. The Bertz CT molecular complexity index is 1270. The molecule has 0 unspecified atom stereocenters. The zero-order valence-electron chi connectivity index (χ0n) is 17.6. The molecule has 1 amide bonds. The number of thioether (sulfide) groups is 1. The number of para-hydroxylation sites is 1. The lowest BCUT2D eigenvalue weighted by atomic mass is 10.1. The van der Waals surface area contributed by atoms with Crippen molar-refractivity contribution in [2.24, 2.45) is 0 Å². The first-order chi connectivity index (χ1) is 15.0. The van der Waals surface area contributed by atoms with E-state index in [-0.39, 0.29) is 16.7 Å². The zero-order chi connectivity index (χ0) is 22.0. The highest BCUT2D eigenvalue weighted by Gasteiger charge is 2.23. The van der Waals surface area contributed by atoms with Crippen LogP contribution in [0.15, 0.2) is 76.0 Å². The van der Waals surface area contributed by atoms with E-state index < -0.39 is 0 Å². The summed E-state index contributed by atoms with van der Waals surface area (Å²) in [5.74, 6) is -0.0376. The molecule has 1 atom stereocenters. The van der Waals surface area contributed by atoms with E-state index in [0.717, 1.165) is 16.8 Å². The third-order valence-electron chi connectivity index (χ3n) is 5.16. The number of benzene rings is 2. The predicted molar refractivity (Wildman–Crippen MR) is 130 cm³/mol. The highest BCUT2D eigenvalue weighted by atomic mass is 32.2. The second-order valence-electron chi connectivity index (χ2n) is 7.13. The van der Waals surface area contributed by atoms with Gasteiger partial charge in [-0.15, -0.1) is 11.3 Å². The maximum atomic E-state index is 13.4. The molecule has 0 bridgehead atoms. The van der Waals surface area contributed by atoms with Gasteiger partial charge in [-0.05, 0) is 31.5 Å². The molecule has 158 valence electrons. The number of fused-ring (bicyclic) bond motifs is 1. The summed E-state index contributed by atoms with van der Waals surface area (Å²) in [5, 5.41) is 2.81. The number of carbonyl (C=O) groups is 1. The zero-order valence-corrected chi connectivity index (χ0v) is 19.2. The molecule has 0 spiro atoms. The maximum Gasteiger partial charge on any atom is 0.263 e. The van der Waals surface area contributed by atoms with Crippen molar-refractivity contribution < 1.29 is 4.79 Å². The van der Waals surface area contributed by atoms with Crippen LogP contribution in [0.1, 0.15) is 13.8 Å². The Balaban J connectivity index is 1.68. The van der Waals surface area contributed by atoms with Crippen molar-refractivity contribution in [3.05, 3.63) is 76.4 Å². The summed E-state index contributed by atoms with van der Waals surface area (Å²) >= 11 is 2.79. The molecule has 0 saturated carbocycles. The molecule has 5 nitrogen and oxygen atoms in total. The van der Waals surface area contributed by atoms with Gasteiger partial charge in [-0.3, -0.25) is 14.2 Å². The molecule has 0 aliphatic carbocycles. The summed E-state index contributed by atoms with van der Waals surface area (Å²) in [6.07, 6.45) is 0. The molecular weight excluding hydrogens is 426 g/mol. The molecule has 0 aliphatic heterocycles. The van der Waals surface area contributed by atoms with E-state index in [0.29, 0.717) is 21.9 Å². The Hall–Kier alpha value is -2.90. The summed E-state index contributed by atoms with van der Waals surface area (Å²) in [6, 6.07) is 19.4. The van der Waals surface area contributed by atoms with Crippen LogP contribution in [0.3, 0.4) is 0 Å². The van der Waals surface area contributed by atoms with Crippen molar-refractivity contribution in [3.8, 4) is 11.1 Å². The Labute approximate surface area is 189 Å². The van der Waals surface area contributed by atoms with Gasteiger partial charge in [0, 0.05) is 30.2 Å². The Morgan fingerprint density at radius 3 is 2.42 bits per heavy atom. The molecule has 0 aliphatic rings. The number of nitrogens with zero attached hydrogens (tertiary/aromatic N) is 3. The molecule has 0 radical (unpaired) electrons. The fourth-order valence-corrected chi connectivity index (χ4v) is 5.52. The minimum absolute atomic E-state index is 0.0376. The Kier molecular flexibility index (Phi) is 6.25. The van der Waals surface area contributed by atoms with E-state index >= 15 is 0 Å². The lowest BCUT2D eigenvalue weighted by molar-refractivity contribution is -0.117. The third-order valence-corrected chi connectivity index (χ3v) is 7.11. The lowest BCUT2D eigenvalue weighted by Crippen LogP contribution is -2.34. The minimum Gasteiger partial charge on any atom is -0.315 e. The lowest BCUT2D eigenvalue weighted by Gasteiger charge is -2.21. The van der Waals surface area contributed by atoms with Crippen molar-refractivity contribution in [3.63, 3.8) is 0 Å². The van der Waals surface area contributed by atoms with Crippen molar-refractivity contribution in [2.45, 2.75) is 30.8 Å². The fourth-order valence-electron chi connectivity index (χ4n) is 3.46. The van der Waals surface area contributed by atoms with Crippen molar-refractivity contribution in [1.82, 2.24) is 9.55 Å². The summed E-state index contributed by atoms with van der Waals surface area (Å²) < 4.78 is 1.67. The normalized spacial score (nSPS) is 12.1. The van der Waals surface area contributed by atoms with Gasteiger partial charge < -0.3 is 4.90 Å². The second-order valence-corrected chi connectivity index (χ2v) is 9.30. The third kappa shape index (κ3) is 4.16. The molecule has 31 heavy (non-hydrogen) atoms. The van der Waals surface area contributed by atoms with Crippen molar-refractivity contribution >= 4 is 44.9 Å². The predicted octanol–water partition coefficient (Wildman–Crippen LogP) is 5.29. The average Bonchev–Trinajstić information content (AvgIpc) is 3.23. The monoisotopic (exact) mass is 449 g/mol. The molecule has 0 saturated heterocycles. The SMILES string of the molecule is CCn1c(S[C@@H](C)C(=O)N(C)c2ccccc2)nc2scc(-c3ccccc3)c2c1=O. The van der Waals surface area contributed by atoms with Crippen LogP contribution in [0.2, 0.25) is 0 Å². The van der Waals surface area contributed by atoms with E-state index in [1.807, 2.05) is 79.9 Å². The highest BCUT2D eigenvalue weighted by Crippen LogP contribution is 2.33. The number of anilines is 1. The van der Waals surface area contributed by atoms with Crippen LogP contribution in [0.25, 0.3) is 21.3 Å². The number of carbonyl (C=O) groups excluding carboxylic acids is 1. The molecule has 7 heteroatoms. The largest absolute Gasteiger partial charge is 0.315 e. The van der Waals surface area contributed by atoms with Crippen LogP contribution in [-0.4, -0.2) is 27.8 Å². The van der Waals surface area contributed by atoms with Crippen LogP contribution >= 0.6 is 23.1 Å². The molecule has 4 aromatic rings. The summed E-state index contributed by atoms with van der Waals surface area (Å²) in [7, 11) is 1.77. The van der Waals surface area contributed by atoms with Gasteiger partial charge in [-0.1, -0.05) is 60.3 Å². The van der Waals surface area contributed by atoms with E-state index in [4.69, 9.17) is 4.98 Å². The van der Waals surface area contributed by atoms with Gasteiger partial charge in [0.2, 0.25) is 5.91 Å². The van der Waals surface area contributed by atoms with Gasteiger partial charge in [-0.25, -0.2) is 4.98 Å². The molecule has 0 N–H and O–H groups in total. The number of hydrogen-bond donors (Lipinski definition) is 0. The number of thiophene rings is 1. The topological polar surface area (TPSA) is 55.2 Å². The van der Waals surface area contributed by atoms with Crippen LogP contribution in [0, 0.1) is 0 Å². The fraction of sp³-hybridized carbons (Fsp3) is 0.208. The van der Waals surface area contributed by atoms with Gasteiger partial charge >= 0.3 is 0 Å². The van der Waals surface area contributed by atoms with Gasteiger partial charge in [0.15, 0.2) is 5.16 Å². The maximum absolute atomic E-state index is 13.4. The van der Waals surface area contributed by atoms with E-state index in [1.54, 1.807) is 16.5 Å². The summed E-state index contributed by atoms with van der Waals surface area (Å²) in [5.41, 5.74) is 2.68. The molecule has 0 fully saturated rings. The summed E-state index contributed by atoms with van der Waals surface area (Å²) in [4.78, 5) is 33.5. The first kappa shape index (κ1) is 21.3. The van der Waals surface area contributed by atoms with Gasteiger partial charge in [-0.2, -0.15) is 0 Å². The van der Waals surface area contributed by atoms with Gasteiger partial charge in [0.25, 0.3) is 5.56 Å². The molecule has 2 aromatic carbocycles. The van der Waals surface area contributed by atoms with Crippen LogP contribution in [0.4, 0.5) is 5.69 Å². The summed E-state index contributed by atoms with van der Waals surface area (Å²) in [6.45, 7) is 4.27. The van der Waals surface area contributed by atoms with Crippen LogP contribution in [-0.2, 0) is 11.3 Å². The average molecular weight is 450 g/mol. The first-order valence-electron chi connectivity index (χ1n) is 10.1. The number of rotatable bonds is 6. The van der Waals surface area contributed by atoms with Gasteiger partial charge in [0.05, 0.1) is 10.6 Å². The number of amides is 1. The number of aromatic nitrogens is 2. The molecule has 2 heterocycles. The second kappa shape index (κ2) is 9.08. The van der Waals surface area contributed by atoms with Crippen molar-refractivity contribution in [2.75, 3.05) is 11.9 Å². The smallest absolute Gasteiger partial charge is 0.263 e. The Morgan fingerprint density at radius 2 is 1.77 bits per heavy atom. The van der Waals surface area contributed by atoms with Crippen LogP contribution in [0.5, 0.6) is 0 Å².